The van der Waals surface area contributed by atoms with Gasteiger partial charge in [0.2, 0.25) is 0 Å². The van der Waals surface area contributed by atoms with E-state index in [2.05, 4.69) is 45.6 Å². The molecule has 3 aromatic rings. The first-order valence-corrected chi connectivity index (χ1v) is 10.6. The number of hydroxylamine groups is 1. The molecule has 0 unspecified atom stereocenters. The first-order chi connectivity index (χ1) is 14.8. The van der Waals surface area contributed by atoms with Crippen LogP contribution >= 0.6 is 15.9 Å². The molecular formula is C17H15BrFN5O6S. The van der Waals surface area contributed by atoms with E-state index in [1.165, 1.54) is 44.7 Å². The van der Waals surface area contributed by atoms with Crippen molar-refractivity contribution in [3.63, 3.8) is 0 Å². The molecule has 0 atom stereocenters. The first-order valence-electron chi connectivity index (χ1n) is 8.32. The van der Waals surface area contributed by atoms with Crippen LogP contribution in [-0.4, -0.2) is 38.8 Å². The van der Waals surface area contributed by atoms with E-state index >= 15 is 0 Å². The average Bonchev–Trinajstić information content (AvgIpc) is 3.23. The topological polar surface area (TPSA) is 136 Å². The number of hydrogen-bond acceptors (Lipinski definition) is 8. The number of sulfonamides is 1. The second kappa shape index (κ2) is 9.28. The molecule has 0 fully saturated rings. The van der Waals surface area contributed by atoms with Gasteiger partial charge in [-0.15, -0.1) is 0 Å². The van der Waals surface area contributed by atoms with Crippen molar-refractivity contribution < 1.29 is 31.7 Å². The van der Waals surface area contributed by atoms with E-state index in [1.54, 1.807) is 0 Å². The summed E-state index contributed by atoms with van der Waals surface area (Å²) >= 11 is 3.05. The second-order valence-electron chi connectivity index (χ2n) is 5.73. The molecule has 0 aliphatic rings. The van der Waals surface area contributed by atoms with Crippen molar-refractivity contribution in [1.29, 1.82) is 0 Å². The molecule has 0 spiro atoms. The normalized spacial score (nSPS) is 11.1. The molecule has 0 aliphatic heterocycles. The minimum absolute atomic E-state index is 0.00146. The number of rotatable bonds is 7. The van der Waals surface area contributed by atoms with Gasteiger partial charge in [0.1, 0.15) is 28.5 Å². The lowest BCUT2D eigenvalue weighted by atomic mass is 10.2. The number of pyridine rings is 1. The number of anilines is 3. The van der Waals surface area contributed by atoms with Crippen molar-refractivity contribution in [3.05, 3.63) is 53.1 Å². The Morgan fingerprint density at radius 3 is 2.61 bits per heavy atom. The maximum absolute atomic E-state index is 14.2. The van der Waals surface area contributed by atoms with Gasteiger partial charge in [0, 0.05) is 18.3 Å². The van der Waals surface area contributed by atoms with Gasteiger partial charge in [-0.3, -0.25) is 9.56 Å². The van der Waals surface area contributed by atoms with Crippen LogP contribution in [-0.2, 0) is 14.9 Å². The lowest BCUT2D eigenvalue weighted by molar-refractivity contribution is 0.112. The van der Waals surface area contributed by atoms with Gasteiger partial charge in [-0.1, -0.05) is 5.16 Å². The maximum Gasteiger partial charge on any atom is 0.351 e. The van der Waals surface area contributed by atoms with E-state index in [9.17, 15) is 17.6 Å². The Balaban J connectivity index is 2.02. The fourth-order valence-electron chi connectivity index (χ4n) is 2.45. The van der Waals surface area contributed by atoms with Gasteiger partial charge in [0.25, 0.3) is 10.0 Å². The summed E-state index contributed by atoms with van der Waals surface area (Å²) in [6.45, 7) is 0. The molecule has 2 N–H and O–H groups in total. The van der Waals surface area contributed by atoms with Gasteiger partial charge in [0.15, 0.2) is 5.82 Å². The van der Waals surface area contributed by atoms with E-state index < -0.39 is 21.9 Å². The molecule has 31 heavy (non-hydrogen) atoms. The van der Waals surface area contributed by atoms with Crippen LogP contribution in [0.3, 0.4) is 0 Å². The fourth-order valence-corrected chi connectivity index (χ4v) is 3.71. The standard InChI is InChI=1S/C17H15BrFN5O6S/c1-28-14-7-11(18)12(19)8-13(14)24(17(25)22-29-2)16-4-3-10(9-20-16)31(26,27)23-15-5-6-30-21-15/h3-9H,1-2H3,(H,21,23)(H,22,25). The largest absolute Gasteiger partial charge is 0.495 e. The quantitative estimate of drug-likeness (QED) is 0.457. The van der Waals surface area contributed by atoms with Crippen LogP contribution in [0.15, 0.2) is 56.7 Å². The number of amides is 2. The highest BCUT2D eigenvalue weighted by Crippen LogP contribution is 2.37. The smallest absolute Gasteiger partial charge is 0.351 e. The Morgan fingerprint density at radius 1 is 1.26 bits per heavy atom. The van der Waals surface area contributed by atoms with Gasteiger partial charge in [0.05, 0.1) is 24.4 Å². The Kier molecular flexibility index (Phi) is 6.72. The number of ether oxygens (including phenoxy) is 1. The third-order valence-corrected chi connectivity index (χ3v) is 5.74. The summed E-state index contributed by atoms with van der Waals surface area (Å²) in [4.78, 5) is 22.1. The van der Waals surface area contributed by atoms with Crippen LogP contribution in [0.5, 0.6) is 5.75 Å². The molecule has 2 heterocycles. The second-order valence-corrected chi connectivity index (χ2v) is 8.26. The van der Waals surface area contributed by atoms with Crippen molar-refractivity contribution in [2.24, 2.45) is 0 Å². The summed E-state index contributed by atoms with van der Waals surface area (Å²) in [5.74, 6) is -0.567. The molecule has 1 aromatic carbocycles. The number of halogens is 2. The summed E-state index contributed by atoms with van der Waals surface area (Å²) in [7, 11) is -1.46. The number of carbonyl (C=O) groups excluding carboxylic acids is 1. The Bertz CT molecular complexity index is 1170. The molecular weight excluding hydrogens is 501 g/mol. The van der Waals surface area contributed by atoms with E-state index in [0.29, 0.717) is 0 Å². The zero-order chi connectivity index (χ0) is 22.6. The predicted octanol–water partition coefficient (Wildman–Crippen LogP) is 3.19. The molecule has 3 rings (SSSR count). The highest BCUT2D eigenvalue weighted by Gasteiger charge is 2.25. The molecule has 0 bridgehead atoms. The number of nitrogens with one attached hydrogen (secondary N) is 2. The molecule has 2 aromatic heterocycles. The summed E-state index contributed by atoms with van der Waals surface area (Å²) in [5.41, 5.74) is 2.11. The highest BCUT2D eigenvalue weighted by molar-refractivity contribution is 9.10. The van der Waals surface area contributed by atoms with Crippen LogP contribution in [0.1, 0.15) is 0 Å². The number of benzene rings is 1. The van der Waals surface area contributed by atoms with Crippen molar-refractivity contribution >= 4 is 49.3 Å². The van der Waals surface area contributed by atoms with Gasteiger partial charge in [-0.05, 0) is 34.1 Å². The monoisotopic (exact) mass is 515 g/mol. The number of nitrogens with zero attached hydrogens (tertiary/aromatic N) is 3. The summed E-state index contributed by atoms with van der Waals surface area (Å²) in [6, 6.07) is 5.34. The summed E-state index contributed by atoms with van der Waals surface area (Å²) in [5, 5.41) is 3.48. The lowest BCUT2D eigenvalue weighted by Gasteiger charge is -2.24. The Morgan fingerprint density at radius 2 is 2.03 bits per heavy atom. The molecule has 2 amide bonds. The number of carbonyl (C=O) groups is 1. The number of methoxy groups -OCH3 is 1. The zero-order valence-corrected chi connectivity index (χ0v) is 18.4. The zero-order valence-electron chi connectivity index (χ0n) is 16.0. The summed E-state index contributed by atoms with van der Waals surface area (Å²) in [6.07, 6.45) is 2.22. The molecule has 11 nitrogen and oxygen atoms in total. The first kappa shape index (κ1) is 22.5. The molecule has 0 aliphatic carbocycles. The SMILES string of the molecule is CONC(=O)N(c1ccc(S(=O)(=O)Nc2ccon2)cn1)c1cc(F)c(Br)cc1OC. The maximum atomic E-state index is 14.2. The number of aromatic nitrogens is 2. The van der Waals surface area contributed by atoms with E-state index in [4.69, 9.17) is 4.74 Å². The van der Waals surface area contributed by atoms with Crippen LogP contribution in [0.25, 0.3) is 0 Å². The lowest BCUT2D eigenvalue weighted by Crippen LogP contribution is -2.37. The van der Waals surface area contributed by atoms with Crippen LogP contribution in [0.2, 0.25) is 0 Å². The molecule has 0 saturated carbocycles. The van der Waals surface area contributed by atoms with E-state index in [-0.39, 0.29) is 32.4 Å². The van der Waals surface area contributed by atoms with Gasteiger partial charge in [-0.2, -0.15) is 0 Å². The number of hydrogen-bond donors (Lipinski definition) is 2. The van der Waals surface area contributed by atoms with Crippen LogP contribution in [0.4, 0.5) is 26.5 Å². The third kappa shape index (κ3) is 4.92. The van der Waals surface area contributed by atoms with Gasteiger partial charge < -0.3 is 9.26 Å². The third-order valence-electron chi connectivity index (χ3n) is 3.79. The van der Waals surface area contributed by atoms with Crippen LogP contribution in [0, 0.1) is 5.82 Å². The minimum Gasteiger partial charge on any atom is -0.495 e. The van der Waals surface area contributed by atoms with E-state index in [1.807, 2.05) is 0 Å². The summed E-state index contributed by atoms with van der Waals surface area (Å²) < 4.78 is 51.3. The Hall–Kier alpha value is -3.23. The average molecular weight is 516 g/mol. The van der Waals surface area contributed by atoms with Crippen molar-refractivity contribution in [1.82, 2.24) is 15.6 Å². The Labute approximate surface area is 184 Å². The van der Waals surface area contributed by atoms with Crippen LogP contribution < -0.4 is 19.8 Å². The predicted molar refractivity (Wildman–Crippen MR) is 110 cm³/mol. The molecule has 14 heteroatoms. The molecule has 0 saturated heterocycles. The van der Waals surface area contributed by atoms with Gasteiger partial charge in [-0.25, -0.2) is 33.0 Å². The van der Waals surface area contributed by atoms with Crippen molar-refractivity contribution in [2.75, 3.05) is 23.8 Å². The molecule has 0 radical (unpaired) electrons. The van der Waals surface area contributed by atoms with Gasteiger partial charge >= 0.3 is 6.03 Å². The number of urea groups is 1. The van der Waals surface area contributed by atoms with E-state index in [0.717, 1.165) is 17.2 Å². The minimum atomic E-state index is -4.02. The fraction of sp³-hybridized carbons (Fsp3) is 0.118. The van der Waals surface area contributed by atoms with Crippen molar-refractivity contribution in [2.45, 2.75) is 4.90 Å². The molecule has 164 valence electrons. The van der Waals surface area contributed by atoms with Crippen molar-refractivity contribution in [3.8, 4) is 5.75 Å². The highest BCUT2D eigenvalue weighted by atomic mass is 79.9.